The van der Waals surface area contributed by atoms with Crippen LogP contribution in [-0.2, 0) is 0 Å². The van der Waals surface area contributed by atoms with Gasteiger partial charge in [0.05, 0.1) is 12.3 Å². The van der Waals surface area contributed by atoms with Crippen LogP contribution in [-0.4, -0.2) is 45.4 Å². The van der Waals surface area contributed by atoms with E-state index in [0.29, 0.717) is 11.6 Å². The number of hydrogen-bond donors (Lipinski definition) is 2. The van der Waals surface area contributed by atoms with Crippen molar-refractivity contribution in [2.75, 3.05) is 6.61 Å². The summed E-state index contributed by atoms with van der Waals surface area (Å²) in [6.45, 7) is 3.37. The molecule has 1 atom stereocenters. The molecule has 0 saturated heterocycles. The minimum Gasteiger partial charge on any atom is -0.391 e. The quantitative estimate of drug-likeness (QED) is 0.764. The number of aliphatic imine (C=N–C) groups is 3. The predicted octanol–water partition coefficient (Wildman–Crippen LogP) is 0.965. The summed E-state index contributed by atoms with van der Waals surface area (Å²) in [5.41, 5.74) is 0.165. The number of hydrogen-bond acceptors (Lipinski definition) is 6. The first-order chi connectivity index (χ1) is 8.69. The maximum Gasteiger partial charge on any atom is 0.226 e. The summed E-state index contributed by atoms with van der Waals surface area (Å²) in [5.74, 6) is 0.547. The van der Waals surface area contributed by atoms with E-state index in [1.807, 2.05) is 0 Å². The maximum absolute atomic E-state index is 10.0. The number of hydroxylamine groups is 2. The molecule has 1 unspecified atom stereocenters. The van der Waals surface area contributed by atoms with Gasteiger partial charge in [-0.1, -0.05) is 19.4 Å². The first-order valence-electron chi connectivity index (χ1n) is 6.19. The molecule has 3 aliphatic rings. The van der Waals surface area contributed by atoms with Crippen molar-refractivity contribution in [3.8, 4) is 0 Å². The normalized spacial score (nSPS) is 31.7. The van der Waals surface area contributed by atoms with Crippen molar-refractivity contribution in [1.29, 1.82) is 0 Å². The van der Waals surface area contributed by atoms with E-state index in [0.717, 1.165) is 23.6 Å². The standard InChI is InChI=1S/C12H16N4O2/c1-8-15-10(9-4-2-3-5-9)11-12(6-17,16(8)18)14-7-13-11/h7,9,17-18H,1-6H2. The summed E-state index contributed by atoms with van der Waals surface area (Å²) in [6, 6.07) is 0. The molecule has 6 heteroatoms. The molecule has 18 heavy (non-hydrogen) atoms. The van der Waals surface area contributed by atoms with Crippen LogP contribution in [0, 0.1) is 5.92 Å². The van der Waals surface area contributed by atoms with Crippen LogP contribution in [0.15, 0.2) is 27.4 Å². The fourth-order valence-corrected chi connectivity index (χ4v) is 2.89. The number of aliphatic hydroxyl groups excluding tert-OH is 1. The molecule has 1 fully saturated rings. The Kier molecular flexibility index (Phi) is 2.57. The lowest BCUT2D eigenvalue weighted by Gasteiger charge is -2.39. The predicted molar refractivity (Wildman–Crippen MR) is 67.9 cm³/mol. The van der Waals surface area contributed by atoms with Crippen molar-refractivity contribution in [3.05, 3.63) is 12.4 Å². The molecule has 2 heterocycles. The van der Waals surface area contributed by atoms with Crippen molar-refractivity contribution < 1.29 is 10.3 Å². The van der Waals surface area contributed by atoms with Crippen LogP contribution in [0.4, 0.5) is 0 Å². The fourth-order valence-electron chi connectivity index (χ4n) is 2.89. The second-order valence-electron chi connectivity index (χ2n) is 4.90. The van der Waals surface area contributed by atoms with Crippen LogP contribution in [0.2, 0.25) is 0 Å². The van der Waals surface area contributed by atoms with Crippen molar-refractivity contribution in [3.63, 3.8) is 0 Å². The average molecular weight is 248 g/mol. The van der Waals surface area contributed by atoms with Crippen LogP contribution in [0.25, 0.3) is 0 Å². The van der Waals surface area contributed by atoms with E-state index >= 15 is 0 Å². The molecule has 2 aliphatic heterocycles. The molecule has 0 amide bonds. The lowest BCUT2D eigenvalue weighted by atomic mass is 9.89. The minimum absolute atomic E-state index is 0.212. The molecule has 96 valence electrons. The monoisotopic (exact) mass is 248 g/mol. The van der Waals surface area contributed by atoms with Gasteiger partial charge in [-0.3, -0.25) is 5.21 Å². The van der Waals surface area contributed by atoms with E-state index in [9.17, 15) is 10.3 Å². The summed E-state index contributed by atoms with van der Waals surface area (Å²) in [7, 11) is 0. The summed E-state index contributed by atoms with van der Waals surface area (Å²) in [6.07, 6.45) is 5.87. The van der Waals surface area contributed by atoms with E-state index in [4.69, 9.17) is 0 Å². The fraction of sp³-hybridized carbons (Fsp3) is 0.583. The molecule has 0 aromatic rings. The highest BCUT2D eigenvalue weighted by Gasteiger charge is 2.50. The molecule has 1 saturated carbocycles. The molecule has 6 nitrogen and oxygen atoms in total. The Morgan fingerprint density at radius 3 is 2.83 bits per heavy atom. The van der Waals surface area contributed by atoms with Gasteiger partial charge < -0.3 is 5.11 Å². The minimum atomic E-state index is -1.23. The maximum atomic E-state index is 10.0. The van der Waals surface area contributed by atoms with Gasteiger partial charge in [-0.25, -0.2) is 20.0 Å². The molecule has 1 aliphatic carbocycles. The number of rotatable bonds is 2. The van der Waals surface area contributed by atoms with Crippen LogP contribution in [0.5, 0.6) is 0 Å². The Morgan fingerprint density at radius 1 is 1.44 bits per heavy atom. The highest BCUT2D eigenvalue weighted by atomic mass is 16.5. The molecule has 0 radical (unpaired) electrons. The first kappa shape index (κ1) is 11.6. The summed E-state index contributed by atoms with van der Waals surface area (Å²) >= 11 is 0. The Morgan fingerprint density at radius 2 is 2.17 bits per heavy atom. The van der Waals surface area contributed by atoms with Gasteiger partial charge in [0.15, 0.2) is 0 Å². The SMILES string of the molecule is C=C1N=C(C2CCCC2)C2=NC=NC2(CO)N1O. The third-order valence-corrected chi connectivity index (χ3v) is 3.89. The summed E-state index contributed by atoms with van der Waals surface area (Å²) in [4.78, 5) is 12.7. The van der Waals surface area contributed by atoms with Crippen molar-refractivity contribution in [2.24, 2.45) is 20.9 Å². The van der Waals surface area contributed by atoms with Gasteiger partial charge in [0.25, 0.3) is 0 Å². The van der Waals surface area contributed by atoms with Crippen molar-refractivity contribution in [2.45, 2.75) is 31.3 Å². The van der Waals surface area contributed by atoms with Gasteiger partial charge in [0.1, 0.15) is 17.9 Å². The van der Waals surface area contributed by atoms with Gasteiger partial charge in [-0.15, -0.1) is 0 Å². The lowest BCUT2D eigenvalue weighted by molar-refractivity contribution is -0.127. The second kappa shape index (κ2) is 4.00. The third kappa shape index (κ3) is 1.39. The van der Waals surface area contributed by atoms with Crippen LogP contribution >= 0.6 is 0 Å². The van der Waals surface area contributed by atoms with Crippen LogP contribution in [0.3, 0.4) is 0 Å². The van der Waals surface area contributed by atoms with E-state index < -0.39 is 5.66 Å². The van der Waals surface area contributed by atoms with E-state index in [-0.39, 0.29) is 12.4 Å². The van der Waals surface area contributed by atoms with E-state index in [1.165, 1.54) is 19.2 Å². The summed E-state index contributed by atoms with van der Waals surface area (Å²) < 4.78 is 0. The molecule has 0 aromatic heterocycles. The molecular formula is C12H16N4O2. The van der Waals surface area contributed by atoms with Gasteiger partial charge in [0, 0.05) is 5.92 Å². The zero-order valence-corrected chi connectivity index (χ0v) is 10.1. The molecule has 0 bridgehead atoms. The Hall–Kier alpha value is -1.53. The van der Waals surface area contributed by atoms with Crippen molar-refractivity contribution in [1.82, 2.24) is 5.06 Å². The van der Waals surface area contributed by atoms with Gasteiger partial charge in [0.2, 0.25) is 5.66 Å². The van der Waals surface area contributed by atoms with Crippen molar-refractivity contribution >= 4 is 17.8 Å². The highest BCUT2D eigenvalue weighted by molar-refractivity contribution is 6.48. The Bertz CT molecular complexity index is 476. The first-order valence-corrected chi connectivity index (χ1v) is 6.19. The average Bonchev–Trinajstić information content (AvgIpc) is 3.03. The highest BCUT2D eigenvalue weighted by Crippen LogP contribution is 2.36. The van der Waals surface area contributed by atoms with Gasteiger partial charge in [-0.2, -0.15) is 0 Å². The van der Waals surface area contributed by atoms with Crippen LogP contribution in [0.1, 0.15) is 25.7 Å². The Labute approximate surface area is 105 Å². The molecule has 0 spiro atoms. The largest absolute Gasteiger partial charge is 0.391 e. The zero-order valence-electron chi connectivity index (χ0n) is 10.1. The molecule has 0 aromatic carbocycles. The molecule has 3 rings (SSSR count). The smallest absolute Gasteiger partial charge is 0.226 e. The van der Waals surface area contributed by atoms with E-state index in [2.05, 4.69) is 21.6 Å². The van der Waals surface area contributed by atoms with Gasteiger partial charge in [-0.05, 0) is 12.8 Å². The second-order valence-corrected chi connectivity index (χ2v) is 4.90. The third-order valence-electron chi connectivity index (χ3n) is 3.89. The lowest BCUT2D eigenvalue weighted by Crippen LogP contribution is -2.58. The topological polar surface area (TPSA) is 80.8 Å². The van der Waals surface area contributed by atoms with Crippen LogP contribution < -0.4 is 0 Å². The molecule has 2 N–H and O–H groups in total. The number of nitrogens with zero attached hydrogens (tertiary/aromatic N) is 4. The number of aliphatic hydroxyl groups is 1. The summed E-state index contributed by atoms with van der Waals surface area (Å²) in [5, 5.41) is 20.5. The Balaban J connectivity index is 2.05. The van der Waals surface area contributed by atoms with Gasteiger partial charge >= 0.3 is 0 Å². The number of fused-ring (bicyclic) bond motifs is 1. The van der Waals surface area contributed by atoms with E-state index in [1.54, 1.807) is 0 Å². The zero-order chi connectivity index (χ0) is 12.8. The molecular weight excluding hydrogens is 232 g/mol.